The molecule has 4 heteroatoms. The highest BCUT2D eigenvalue weighted by atomic mass is 28.4. The van der Waals surface area contributed by atoms with Crippen LogP contribution in [0.4, 0.5) is 5.69 Å². The molecule has 0 heterocycles. The highest BCUT2D eigenvalue weighted by Crippen LogP contribution is 2.41. The Balaban J connectivity index is 1.89. The summed E-state index contributed by atoms with van der Waals surface area (Å²) in [7, 11) is -1.06. The first kappa shape index (κ1) is 22.7. The van der Waals surface area contributed by atoms with Crippen molar-refractivity contribution in [2.45, 2.75) is 25.8 Å². The molecule has 0 unspecified atom stereocenters. The molecular formula is C29H31NO2Si. The van der Waals surface area contributed by atoms with Crippen molar-refractivity contribution in [1.82, 2.24) is 0 Å². The van der Waals surface area contributed by atoms with Crippen LogP contribution in [-0.4, -0.2) is 15.4 Å². The Morgan fingerprint density at radius 2 is 1.21 bits per heavy atom. The third-order valence-corrected chi connectivity index (χ3v) is 11.0. The third kappa shape index (κ3) is 4.26. The molecule has 33 heavy (non-hydrogen) atoms. The summed E-state index contributed by atoms with van der Waals surface area (Å²) in [5, 5.41) is 2.31. The third-order valence-electron chi connectivity index (χ3n) is 6.12. The molecule has 2 N–H and O–H groups in total. The fourth-order valence-electron chi connectivity index (χ4n) is 4.49. The Labute approximate surface area is 197 Å². The number of anilines is 1. The maximum Gasteiger partial charge on any atom is 0.320 e. The van der Waals surface area contributed by atoms with Gasteiger partial charge in [-0.3, -0.25) is 0 Å². The summed E-state index contributed by atoms with van der Waals surface area (Å²) >= 11 is 0. The topological polar surface area (TPSA) is 44.5 Å². The first-order chi connectivity index (χ1) is 15.9. The lowest BCUT2D eigenvalue weighted by molar-refractivity contribution is 0.389. The van der Waals surface area contributed by atoms with Gasteiger partial charge in [0, 0.05) is 11.3 Å². The van der Waals surface area contributed by atoms with Crippen LogP contribution < -0.4 is 25.3 Å². The highest BCUT2D eigenvalue weighted by Gasteiger charge is 2.52. The number of nitrogen functional groups attached to an aromatic ring is 1. The van der Waals surface area contributed by atoms with Crippen molar-refractivity contribution in [2.24, 2.45) is 0 Å². The number of rotatable bonds is 6. The van der Waals surface area contributed by atoms with E-state index >= 15 is 0 Å². The van der Waals surface area contributed by atoms with Crippen molar-refractivity contribution in [3.8, 4) is 22.6 Å². The molecule has 0 amide bonds. The van der Waals surface area contributed by atoms with E-state index in [4.69, 9.17) is 14.9 Å². The molecule has 4 aromatic carbocycles. The Morgan fingerprint density at radius 1 is 0.667 bits per heavy atom. The first-order valence-electron chi connectivity index (χ1n) is 11.2. The van der Waals surface area contributed by atoms with Crippen molar-refractivity contribution < 1.29 is 9.16 Å². The molecule has 3 nitrogen and oxygen atoms in total. The van der Waals surface area contributed by atoms with Crippen LogP contribution in [0.1, 0.15) is 20.8 Å². The lowest BCUT2D eigenvalue weighted by Gasteiger charge is -2.43. The van der Waals surface area contributed by atoms with Gasteiger partial charge in [-0.1, -0.05) is 106 Å². The molecule has 0 saturated heterocycles. The number of para-hydroxylation sites is 1. The number of benzene rings is 4. The fourth-order valence-corrected chi connectivity index (χ4v) is 8.92. The van der Waals surface area contributed by atoms with E-state index in [-0.39, 0.29) is 5.04 Å². The predicted molar refractivity (Wildman–Crippen MR) is 141 cm³/mol. The van der Waals surface area contributed by atoms with Crippen LogP contribution in [0.15, 0.2) is 103 Å². The second-order valence-corrected chi connectivity index (χ2v) is 13.4. The molecule has 0 aliphatic carbocycles. The minimum atomic E-state index is -2.75. The van der Waals surface area contributed by atoms with Crippen LogP contribution in [0.5, 0.6) is 11.5 Å². The molecule has 0 bridgehead atoms. The van der Waals surface area contributed by atoms with Crippen molar-refractivity contribution in [2.75, 3.05) is 12.8 Å². The first-order valence-corrected chi connectivity index (χ1v) is 13.1. The van der Waals surface area contributed by atoms with E-state index in [0.29, 0.717) is 5.75 Å². The van der Waals surface area contributed by atoms with Crippen LogP contribution in [0.25, 0.3) is 11.1 Å². The van der Waals surface area contributed by atoms with E-state index in [1.165, 1.54) is 10.4 Å². The van der Waals surface area contributed by atoms with Crippen LogP contribution in [0.2, 0.25) is 5.04 Å². The Kier molecular flexibility index (Phi) is 6.30. The van der Waals surface area contributed by atoms with Gasteiger partial charge in [0.25, 0.3) is 0 Å². The summed E-state index contributed by atoms with van der Waals surface area (Å²) in [4.78, 5) is 0. The smallest absolute Gasteiger partial charge is 0.320 e. The number of ether oxygens (including phenoxy) is 1. The van der Waals surface area contributed by atoms with Gasteiger partial charge >= 0.3 is 8.32 Å². The summed E-state index contributed by atoms with van der Waals surface area (Å²) in [6.07, 6.45) is 0. The van der Waals surface area contributed by atoms with Gasteiger partial charge in [-0.15, -0.1) is 0 Å². The number of hydrogen-bond acceptors (Lipinski definition) is 3. The van der Waals surface area contributed by atoms with Crippen LogP contribution in [-0.2, 0) is 0 Å². The molecular weight excluding hydrogens is 422 g/mol. The lowest BCUT2D eigenvalue weighted by atomic mass is 10.0. The molecule has 0 aliphatic rings. The molecule has 0 atom stereocenters. The molecule has 0 saturated carbocycles. The second-order valence-electron chi connectivity index (χ2n) is 9.22. The Morgan fingerprint density at radius 3 is 1.73 bits per heavy atom. The van der Waals surface area contributed by atoms with Crippen molar-refractivity contribution >= 4 is 24.4 Å². The second kappa shape index (κ2) is 9.16. The van der Waals surface area contributed by atoms with Gasteiger partial charge in [-0.2, -0.15) is 0 Å². The van der Waals surface area contributed by atoms with Crippen LogP contribution in [0, 0.1) is 0 Å². The Bertz CT molecular complexity index is 1180. The average molecular weight is 454 g/mol. The minimum Gasteiger partial charge on any atom is -0.531 e. The molecule has 4 aromatic rings. The predicted octanol–water partition coefficient (Wildman–Crippen LogP) is 5.88. The summed E-state index contributed by atoms with van der Waals surface area (Å²) in [5.74, 6) is 1.44. The van der Waals surface area contributed by atoms with E-state index in [2.05, 4.69) is 87.5 Å². The standard InChI is InChI=1S/C29H31NO2Si/c1-29(2,3)33(23-13-7-5-8-14-23,24-15-9-6-10-16-24)32-27-20-19-22(21-28(27)31-4)25-17-11-12-18-26(25)30/h5-21H,30H2,1-4H3. The molecule has 4 rings (SSSR count). The lowest BCUT2D eigenvalue weighted by Crippen LogP contribution is -2.68. The van der Waals surface area contributed by atoms with Crippen molar-refractivity contribution in [3.63, 3.8) is 0 Å². The maximum absolute atomic E-state index is 7.16. The molecule has 0 spiro atoms. The van der Waals surface area contributed by atoms with Crippen molar-refractivity contribution in [3.05, 3.63) is 103 Å². The molecule has 168 valence electrons. The van der Waals surface area contributed by atoms with Gasteiger partial charge in [-0.25, -0.2) is 0 Å². The molecule has 0 aliphatic heterocycles. The van der Waals surface area contributed by atoms with Crippen molar-refractivity contribution in [1.29, 1.82) is 0 Å². The zero-order valence-electron chi connectivity index (χ0n) is 19.7. The molecule has 0 radical (unpaired) electrons. The van der Waals surface area contributed by atoms with Gasteiger partial charge in [-0.05, 0) is 39.2 Å². The van der Waals surface area contributed by atoms with Gasteiger partial charge in [0.1, 0.15) is 5.75 Å². The summed E-state index contributed by atoms with van der Waals surface area (Å²) < 4.78 is 13.0. The molecule has 0 aromatic heterocycles. The monoisotopic (exact) mass is 453 g/mol. The zero-order valence-corrected chi connectivity index (χ0v) is 20.7. The fraction of sp³-hybridized carbons (Fsp3) is 0.172. The average Bonchev–Trinajstić information content (AvgIpc) is 2.83. The van der Waals surface area contributed by atoms with E-state index in [0.717, 1.165) is 22.6 Å². The van der Waals surface area contributed by atoms with Gasteiger partial charge < -0.3 is 14.9 Å². The number of nitrogens with two attached hydrogens (primary N) is 1. The quantitative estimate of drug-likeness (QED) is 0.293. The zero-order chi connectivity index (χ0) is 23.5. The summed E-state index contributed by atoms with van der Waals surface area (Å²) in [6.45, 7) is 6.81. The van der Waals surface area contributed by atoms with Crippen LogP contribution >= 0.6 is 0 Å². The number of hydrogen-bond donors (Lipinski definition) is 1. The molecule has 0 fully saturated rings. The van der Waals surface area contributed by atoms with E-state index in [9.17, 15) is 0 Å². The minimum absolute atomic E-state index is 0.136. The normalized spacial score (nSPS) is 11.8. The van der Waals surface area contributed by atoms with E-state index < -0.39 is 8.32 Å². The summed E-state index contributed by atoms with van der Waals surface area (Å²) in [6, 6.07) is 35.2. The highest BCUT2D eigenvalue weighted by molar-refractivity contribution is 7.00. The van der Waals surface area contributed by atoms with Crippen LogP contribution in [0.3, 0.4) is 0 Å². The SMILES string of the molecule is COc1cc(-c2ccccc2N)ccc1O[Si](c1ccccc1)(c1ccccc1)C(C)(C)C. The van der Waals surface area contributed by atoms with Gasteiger partial charge in [0.2, 0.25) is 0 Å². The largest absolute Gasteiger partial charge is 0.531 e. The summed E-state index contributed by atoms with van der Waals surface area (Å²) in [5.41, 5.74) is 8.94. The maximum atomic E-state index is 7.16. The van der Waals surface area contributed by atoms with Gasteiger partial charge in [0.05, 0.1) is 7.11 Å². The van der Waals surface area contributed by atoms with Gasteiger partial charge in [0.15, 0.2) is 5.75 Å². The Hall–Kier alpha value is -3.50. The number of methoxy groups -OCH3 is 1. The van der Waals surface area contributed by atoms with E-state index in [1.54, 1.807) is 7.11 Å². The van der Waals surface area contributed by atoms with E-state index in [1.807, 2.05) is 36.4 Å².